The van der Waals surface area contributed by atoms with Gasteiger partial charge < -0.3 is 19.1 Å². The van der Waals surface area contributed by atoms with Crippen molar-refractivity contribution in [3.63, 3.8) is 0 Å². The number of aliphatic carboxylic acids is 1. The number of carbonyl (C=O) groups excluding carboxylic acids is 1. The topological polar surface area (TPSA) is 130 Å². The molecule has 0 aromatic carbocycles. The predicted molar refractivity (Wildman–Crippen MR) is 67.5 cm³/mol. The largest absolute Gasteiger partial charge is 0.743 e. The highest BCUT2D eigenvalue weighted by Crippen LogP contribution is 2.42. The minimum Gasteiger partial charge on any atom is -0.743 e. The molecule has 0 amide bonds. The van der Waals surface area contributed by atoms with Crippen LogP contribution in [-0.4, -0.2) is 59.8 Å². The number of carbonyl (C=O) groups is 2. The van der Waals surface area contributed by atoms with Crippen molar-refractivity contribution in [1.29, 1.82) is 0 Å². The summed E-state index contributed by atoms with van der Waals surface area (Å²) in [4.78, 5) is 22.1. The van der Waals surface area contributed by atoms with Gasteiger partial charge in [0.25, 0.3) is 0 Å². The van der Waals surface area contributed by atoms with Crippen molar-refractivity contribution in [3.05, 3.63) is 12.2 Å². The summed E-state index contributed by atoms with van der Waals surface area (Å²) in [7, 11) is -6.93. The average Bonchev–Trinajstić information content (AvgIpc) is 2.42. The molecule has 27 heavy (non-hydrogen) atoms. The molecule has 1 atom stereocenters. The van der Waals surface area contributed by atoms with Crippen molar-refractivity contribution >= 4 is 22.1 Å². The first-order valence-corrected chi connectivity index (χ1v) is 7.68. The third-order valence-corrected chi connectivity index (χ3v) is 3.63. The molecule has 0 bridgehead atoms. The molecule has 158 valence electrons. The van der Waals surface area contributed by atoms with E-state index in [9.17, 15) is 53.3 Å². The first kappa shape index (κ1) is 25.1. The molecule has 8 nitrogen and oxygen atoms in total. The van der Waals surface area contributed by atoms with Crippen LogP contribution in [-0.2, 0) is 29.2 Å². The molecule has 0 saturated carbocycles. The maximum Gasteiger partial charge on any atom is 0.468 e. The molecule has 0 aliphatic carbocycles. The van der Waals surface area contributed by atoms with Crippen LogP contribution >= 0.6 is 0 Å². The Balaban J connectivity index is 5.71. The fourth-order valence-corrected chi connectivity index (χ4v) is 1.73. The van der Waals surface area contributed by atoms with Crippen molar-refractivity contribution in [3.8, 4) is 0 Å². The molecule has 1 unspecified atom stereocenters. The number of carboxylic acid groups (broad SMARTS) is 1. The van der Waals surface area contributed by atoms with E-state index >= 15 is 0 Å². The minimum absolute atomic E-state index is 0.761. The zero-order valence-corrected chi connectivity index (χ0v) is 13.8. The second-order valence-corrected chi connectivity index (χ2v) is 6.28. The lowest BCUT2D eigenvalue weighted by atomic mass is 10.2. The van der Waals surface area contributed by atoms with Crippen molar-refractivity contribution in [1.82, 2.24) is 0 Å². The van der Waals surface area contributed by atoms with E-state index in [4.69, 9.17) is 5.11 Å². The van der Waals surface area contributed by atoms with Crippen LogP contribution in [0.2, 0.25) is 0 Å². The van der Waals surface area contributed by atoms with E-state index in [2.05, 4.69) is 16.1 Å². The van der Waals surface area contributed by atoms with Gasteiger partial charge in [-0.3, -0.25) is 0 Å². The van der Waals surface area contributed by atoms with Crippen LogP contribution in [0.3, 0.4) is 0 Å². The Morgan fingerprint density at radius 3 is 1.85 bits per heavy atom. The number of carboxylic acids is 1. The number of hydrogen-bond acceptors (Lipinski definition) is 7. The molecule has 0 radical (unpaired) electrons. The first-order valence-electron chi connectivity index (χ1n) is 6.27. The van der Waals surface area contributed by atoms with E-state index in [1.807, 2.05) is 0 Å². The molecule has 0 fully saturated rings. The van der Waals surface area contributed by atoms with Gasteiger partial charge in [-0.25, -0.2) is 18.0 Å². The molecule has 0 rings (SSSR count). The standard InChI is InChI=1S/C11H11F7O8S/c1-5(2)6(19)26-9(7(20)21,10(14,15)16)25-4-3-8(12,13)11(17,18)27(22,23)24/h1,3-4H2,2H3,(H,20,21)(H,22,23,24)/p-1. The van der Waals surface area contributed by atoms with E-state index in [-0.39, 0.29) is 0 Å². The fraction of sp³-hybridized carbons (Fsp3) is 0.636. The summed E-state index contributed by atoms with van der Waals surface area (Å²) in [5.74, 6) is -15.7. The lowest BCUT2D eigenvalue weighted by molar-refractivity contribution is -0.355. The number of alkyl halides is 7. The molecular formula is C11H10F7O8S-. The number of esters is 1. The van der Waals surface area contributed by atoms with Crippen LogP contribution in [0, 0.1) is 0 Å². The summed E-state index contributed by atoms with van der Waals surface area (Å²) in [6, 6.07) is 0. The Kier molecular flexibility index (Phi) is 7.04. The molecule has 0 aliphatic heterocycles. The molecule has 0 aromatic heterocycles. The number of rotatable bonds is 9. The summed E-state index contributed by atoms with van der Waals surface area (Å²) in [6.07, 6.45) is -8.62. The van der Waals surface area contributed by atoms with E-state index < -0.39 is 63.8 Å². The smallest absolute Gasteiger partial charge is 0.468 e. The average molecular weight is 435 g/mol. The molecule has 0 aromatic rings. The molecule has 1 N–H and O–H groups in total. The molecule has 0 saturated heterocycles. The summed E-state index contributed by atoms with van der Waals surface area (Å²) in [5.41, 5.74) is -0.761. The SMILES string of the molecule is C=C(C)C(=O)OC(OCCC(F)(F)C(F)(F)S(=O)(=O)[O-])(C(=O)O)C(F)(F)F. The highest BCUT2D eigenvalue weighted by Gasteiger charge is 2.68. The summed E-state index contributed by atoms with van der Waals surface area (Å²) < 4.78 is 129. The van der Waals surface area contributed by atoms with Gasteiger partial charge in [-0.1, -0.05) is 6.58 Å². The van der Waals surface area contributed by atoms with Gasteiger partial charge >= 0.3 is 35.1 Å². The zero-order chi connectivity index (χ0) is 22.1. The lowest BCUT2D eigenvalue weighted by Gasteiger charge is -2.32. The second-order valence-electron chi connectivity index (χ2n) is 4.86. The number of halogens is 7. The van der Waals surface area contributed by atoms with Gasteiger partial charge in [-0.2, -0.15) is 30.7 Å². The Bertz CT molecular complexity index is 715. The van der Waals surface area contributed by atoms with Crippen LogP contribution in [0.4, 0.5) is 30.7 Å². The second kappa shape index (κ2) is 7.59. The van der Waals surface area contributed by atoms with Crippen LogP contribution in [0.15, 0.2) is 12.2 Å². The highest BCUT2D eigenvalue weighted by molar-refractivity contribution is 7.86. The molecule has 0 heterocycles. The third-order valence-electron chi connectivity index (χ3n) is 2.70. The Morgan fingerprint density at radius 2 is 1.56 bits per heavy atom. The van der Waals surface area contributed by atoms with Crippen molar-refractivity contribution in [2.45, 2.75) is 36.5 Å². The Labute approximate surface area is 146 Å². The van der Waals surface area contributed by atoms with Gasteiger partial charge in [0.1, 0.15) is 0 Å². The van der Waals surface area contributed by atoms with Crippen LogP contribution < -0.4 is 0 Å². The number of ether oxygens (including phenoxy) is 2. The van der Waals surface area contributed by atoms with E-state index in [0.29, 0.717) is 0 Å². The van der Waals surface area contributed by atoms with Gasteiger partial charge in [0, 0.05) is 12.0 Å². The minimum atomic E-state index is -6.93. The third kappa shape index (κ3) is 5.07. The molecular weight excluding hydrogens is 425 g/mol. The Hall–Kier alpha value is -1.94. The summed E-state index contributed by atoms with van der Waals surface area (Å²) >= 11 is 0. The molecule has 0 aliphatic rings. The Morgan fingerprint density at radius 1 is 1.11 bits per heavy atom. The van der Waals surface area contributed by atoms with Gasteiger partial charge in [0.2, 0.25) is 0 Å². The predicted octanol–water partition coefficient (Wildman–Crippen LogP) is 1.63. The highest BCUT2D eigenvalue weighted by atomic mass is 32.2. The van der Waals surface area contributed by atoms with Crippen LogP contribution in [0.5, 0.6) is 0 Å². The molecule has 16 heteroatoms. The van der Waals surface area contributed by atoms with Crippen LogP contribution in [0.1, 0.15) is 13.3 Å². The van der Waals surface area contributed by atoms with Gasteiger partial charge in [0.15, 0.2) is 10.1 Å². The molecule has 0 spiro atoms. The van der Waals surface area contributed by atoms with Gasteiger partial charge in [0.05, 0.1) is 6.61 Å². The quantitative estimate of drug-likeness (QED) is 0.190. The van der Waals surface area contributed by atoms with E-state index in [1.165, 1.54) is 0 Å². The maximum atomic E-state index is 13.2. The zero-order valence-electron chi connectivity index (χ0n) is 13.0. The van der Waals surface area contributed by atoms with Crippen molar-refractivity contribution in [2.24, 2.45) is 0 Å². The summed E-state index contributed by atoms with van der Waals surface area (Å²) in [6.45, 7) is 1.44. The van der Waals surface area contributed by atoms with Gasteiger partial charge in [-0.05, 0) is 6.92 Å². The van der Waals surface area contributed by atoms with E-state index in [0.717, 1.165) is 6.92 Å². The maximum absolute atomic E-state index is 13.2. The first-order chi connectivity index (χ1) is 11.7. The van der Waals surface area contributed by atoms with Crippen molar-refractivity contribution < 1.29 is 67.9 Å². The van der Waals surface area contributed by atoms with Gasteiger partial charge in [-0.15, -0.1) is 0 Å². The lowest BCUT2D eigenvalue weighted by Crippen LogP contribution is -2.58. The normalized spacial score (nSPS) is 15.7. The monoisotopic (exact) mass is 435 g/mol. The fourth-order valence-electron chi connectivity index (χ4n) is 1.26. The van der Waals surface area contributed by atoms with Crippen LogP contribution in [0.25, 0.3) is 0 Å². The van der Waals surface area contributed by atoms with E-state index in [1.54, 1.807) is 0 Å². The number of hydrogen-bond donors (Lipinski definition) is 1. The van der Waals surface area contributed by atoms with Crippen molar-refractivity contribution in [2.75, 3.05) is 6.61 Å². The summed E-state index contributed by atoms with van der Waals surface area (Å²) in [5, 5.41) is 2.44.